The van der Waals surface area contributed by atoms with Crippen LogP contribution in [0.4, 0.5) is 28.4 Å². The molecule has 158 valence electrons. The highest BCUT2D eigenvalue weighted by atomic mass is 16.4. The van der Waals surface area contributed by atoms with Gasteiger partial charge < -0.3 is 15.1 Å². The average Bonchev–Trinajstić information content (AvgIpc) is 2.79. The molecule has 0 spiro atoms. The minimum Gasteiger partial charge on any atom is -0.507 e. The highest BCUT2D eigenvalue weighted by Crippen LogP contribution is 2.27. The number of carboxylic acids is 1. The summed E-state index contributed by atoms with van der Waals surface area (Å²) >= 11 is 0. The number of aromatic hydroxyl groups is 1. The van der Waals surface area contributed by atoms with Crippen LogP contribution in [-0.2, 0) is 0 Å². The van der Waals surface area contributed by atoms with Crippen LogP contribution in [0, 0.1) is 0 Å². The van der Waals surface area contributed by atoms with Crippen LogP contribution in [0.5, 0.6) is 5.75 Å². The molecule has 0 aromatic heterocycles. The van der Waals surface area contributed by atoms with Crippen LogP contribution in [0.1, 0.15) is 24.2 Å². The Balaban J connectivity index is 1.66. The zero-order chi connectivity index (χ0) is 22.2. The second kappa shape index (κ2) is 10.1. The first-order valence-corrected chi connectivity index (χ1v) is 9.85. The Bertz CT molecular complexity index is 1090. The lowest BCUT2D eigenvalue weighted by molar-refractivity contribution is 0.0693. The topological polar surface area (TPSA) is 110 Å². The first kappa shape index (κ1) is 21.6. The van der Waals surface area contributed by atoms with Crippen LogP contribution in [-0.4, -0.2) is 29.3 Å². The molecular weight excluding hydrogens is 394 g/mol. The Hall–Kier alpha value is -4.07. The van der Waals surface area contributed by atoms with Crippen LogP contribution >= 0.6 is 0 Å². The van der Waals surface area contributed by atoms with Gasteiger partial charge in [-0.05, 0) is 80.6 Å². The van der Waals surface area contributed by atoms with Gasteiger partial charge in [0.25, 0.3) is 0 Å². The third-order valence-electron chi connectivity index (χ3n) is 4.60. The summed E-state index contributed by atoms with van der Waals surface area (Å²) in [6.45, 7) is 6.15. The van der Waals surface area contributed by atoms with Crippen LogP contribution in [0.25, 0.3) is 0 Å². The van der Waals surface area contributed by atoms with Crippen molar-refractivity contribution < 1.29 is 15.0 Å². The Kier molecular flexibility index (Phi) is 7.05. The number of benzene rings is 3. The first-order chi connectivity index (χ1) is 15.0. The number of carbonyl (C=O) groups is 1. The number of anilines is 1. The molecule has 0 fully saturated rings. The van der Waals surface area contributed by atoms with Gasteiger partial charge >= 0.3 is 5.97 Å². The van der Waals surface area contributed by atoms with E-state index in [2.05, 4.69) is 39.2 Å². The lowest BCUT2D eigenvalue weighted by Crippen LogP contribution is -2.21. The van der Waals surface area contributed by atoms with Crippen molar-refractivity contribution in [2.45, 2.75) is 13.8 Å². The molecule has 0 saturated heterocycles. The monoisotopic (exact) mass is 417 g/mol. The fraction of sp³-hybridized carbons (Fsp3) is 0.174. The highest BCUT2D eigenvalue weighted by Gasteiger charge is 2.09. The van der Waals surface area contributed by atoms with Gasteiger partial charge in [0.1, 0.15) is 11.3 Å². The van der Waals surface area contributed by atoms with Gasteiger partial charge in [-0.15, -0.1) is 0 Å². The van der Waals surface area contributed by atoms with Crippen molar-refractivity contribution in [2.75, 3.05) is 18.0 Å². The van der Waals surface area contributed by atoms with Gasteiger partial charge in [0.2, 0.25) is 0 Å². The summed E-state index contributed by atoms with van der Waals surface area (Å²) in [6, 6.07) is 19.0. The van der Waals surface area contributed by atoms with E-state index >= 15 is 0 Å². The van der Waals surface area contributed by atoms with Gasteiger partial charge in [0.05, 0.1) is 22.7 Å². The zero-order valence-electron chi connectivity index (χ0n) is 17.3. The molecule has 0 atom stereocenters. The molecule has 0 heterocycles. The second-order valence-electron chi connectivity index (χ2n) is 6.61. The van der Waals surface area contributed by atoms with Gasteiger partial charge in [-0.2, -0.15) is 20.5 Å². The Morgan fingerprint density at radius 1 is 0.742 bits per heavy atom. The summed E-state index contributed by atoms with van der Waals surface area (Å²) in [6.07, 6.45) is 0. The zero-order valence-corrected chi connectivity index (χ0v) is 17.3. The van der Waals surface area contributed by atoms with E-state index in [1.54, 1.807) is 24.3 Å². The molecule has 8 nitrogen and oxygen atoms in total. The van der Waals surface area contributed by atoms with Crippen LogP contribution < -0.4 is 4.90 Å². The number of aromatic carboxylic acids is 1. The Morgan fingerprint density at radius 2 is 1.16 bits per heavy atom. The molecular formula is C23H23N5O3. The highest BCUT2D eigenvalue weighted by molar-refractivity contribution is 5.91. The van der Waals surface area contributed by atoms with Crippen LogP contribution in [0.15, 0.2) is 87.2 Å². The summed E-state index contributed by atoms with van der Waals surface area (Å²) in [5.41, 5.74) is 3.27. The van der Waals surface area contributed by atoms with Crippen molar-refractivity contribution >= 4 is 34.4 Å². The first-order valence-electron chi connectivity index (χ1n) is 9.85. The van der Waals surface area contributed by atoms with E-state index in [0.29, 0.717) is 17.1 Å². The molecule has 0 amide bonds. The normalized spacial score (nSPS) is 11.3. The Morgan fingerprint density at radius 3 is 1.61 bits per heavy atom. The molecule has 0 unspecified atom stereocenters. The molecule has 0 radical (unpaired) electrons. The summed E-state index contributed by atoms with van der Waals surface area (Å²) in [7, 11) is 0. The maximum Gasteiger partial charge on any atom is 0.339 e. The van der Waals surface area contributed by atoms with Crippen molar-refractivity contribution in [3.8, 4) is 5.75 Å². The minimum absolute atomic E-state index is 0.225. The minimum atomic E-state index is -1.23. The average molecular weight is 417 g/mol. The van der Waals surface area contributed by atoms with E-state index in [0.717, 1.165) is 24.5 Å². The van der Waals surface area contributed by atoms with Gasteiger partial charge in [-0.25, -0.2) is 4.79 Å². The van der Waals surface area contributed by atoms with Gasteiger partial charge in [0, 0.05) is 18.8 Å². The summed E-state index contributed by atoms with van der Waals surface area (Å²) in [5, 5.41) is 35.2. The number of hydrogen-bond donors (Lipinski definition) is 2. The van der Waals surface area contributed by atoms with Gasteiger partial charge in [-0.1, -0.05) is 0 Å². The Labute approximate surface area is 180 Å². The molecule has 31 heavy (non-hydrogen) atoms. The maximum atomic E-state index is 11.1. The van der Waals surface area contributed by atoms with Crippen molar-refractivity contribution in [1.82, 2.24) is 0 Å². The number of azo groups is 2. The predicted molar refractivity (Wildman–Crippen MR) is 120 cm³/mol. The molecule has 3 rings (SSSR count). The number of rotatable bonds is 8. The quantitative estimate of drug-likeness (QED) is 0.394. The number of nitrogens with zero attached hydrogens (tertiary/aromatic N) is 5. The fourth-order valence-corrected chi connectivity index (χ4v) is 2.89. The summed E-state index contributed by atoms with van der Waals surface area (Å²) in [4.78, 5) is 13.3. The van der Waals surface area contributed by atoms with Crippen LogP contribution in [0.2, 0.25) is 0 Å². The lowest BCUT2D eigenvalue weighted by atomic mass is 10.2. The SMILES string of the molecule is CCN(CC)c1ccc(/N=N/c2ccc(/N=N/c3ccc(O)c(C(=O)O)c3)cc2)cc1. The molecule has 3 aromatic rings. The molecule has 0 bridgehead atoms. The molecule has 0 aliphatic carbocycles. The second-order valence-corrected chi connectivity index (χ2v) is 6.61. The predicted octanol–water partition coefficient (Wildman–Crippen LogP) is 6.77. The smallest absolute Gasteiger partial charge is 0.339 e. The lowest BCUT2D eigenvalue weighted by Gasteiger charge is -2.20. The fourth-order valence-electron chi connectivity index (χ4n) is 2.89. The van der Waals surface area contributed by atoms with Crippen molar-refractivity contribution in [2.24, 2.45) is 20.5 Å². The summed E-state index contributed by atoms with van der Waals surface area (Å²) in [5.74, 6) is -1.55. The van der Waals surface area contributed by atoms with Crippen molar-refractivity contribution in [3.05, 3.63) is 72.3 Å². The molecule has 0 saturated carbocycles. The molecule has 2 N–H and O–H groups in total. The van der Waals surface area contributed by atoms with E-state index in [1.807, 2.05) is 24.3 Å². The third kappa shape index (κ3) is 5.72. The van der Waals surface area contributed by atoms with E-state index < -0.39 is 5.97 Å². The summed E-state index contributed by atoms with van der Waals surface area (Å²) < 4.78 is 0. The van der Waals surface area contributed by atoms with E-state index in [4.69, 9.17) is 5.11 Å². The van der Waals surface area contributed by atoms with Gasteiger partial charge in [-0.3, -0.25) is 0 Å². The van der Waals surface area contributed by atoms with Crippen molar-refractivity contribution in [1.29, 1.82) is 0 Å². The standard InChI is InChI=1S/C23H23N5O3/c1-3-28(4-2)20-12-9-18(10-13-20)25-24-16-5-7-17(8-6-16)26-27-19-11-14-22(29)21(15-19)23(30)31/h5-15,29H,3-4H2,1-2H3,(H,30,31)/b25-24+,27-26+. The maximum absolute atomic E-state index is 11.1. The molecule has 3 aromatic carbocycles. The number of phenols is 1. The number of carboxylic acid groups (broad SMARTS) is 1. The number of hydrogen-bond acceptors (Lipinski definition) is 7. The van der Waals surface area contributed by atoms with Gasteiger partial charge in [0.15, 0.2) is 0 Å². The third-order valence-corrected chi connectivity index (χ3v) is 4.60. The van der Waals surface area contributed by atoms with E-state index in [-0.39, 0.29) is 11.3 Å². The molecule has 0 aliphatic heterocycles. The van der Waals surface area contributed by atoms with E-state index in [9.17, 15) is 9.90 Å². The molecule has 0 aliphatic rings. The van der Waals surface area contributed by atoms with E-state index in [1.165, 1.54) is 18.2 Å². The molecule has 8 heteroatoms. The van der Waals surface area contributed by atoms with Crippen LogP contribution in [0.3, 0.4) is 0 Å². The largest absolute Gasteiger partial charge is 0.507 e. The van der Waals surface area contributed by atoms with Crippen molar-refractivity contribution in [3.63, 3.8) is 0 Å².